The van der Waals surface area contributed by atoms with Crippen LogP contribution in [0.15, 0.2) is 94.5 Å². The average molecular weight is 683 g/mol. The smallest absolute Gasteiger partial charge is 0.253 e. The second kappa shape index (κ2) is 14.7. The number of carbonyl (C=O) groups excluding carboxylic acids is 2. The minimum atomic E-state index is -0.390. The molecule has 48 heavy (non-hydrogen) atoms. The van der Waals surface area contributed by atoms with Crippen LogP contribution in [0.2, 0.25) is 0 Å². The molecule has 2 amide bonds. The maximum Gasteiger partial charge on any atom is 0.253 e. The van der Waals surface area contributed by atoms with Crippen LogP contribution in [0.25, 0.3) is 5.69 Å². The van der Waals surface area contributed by atoms with E-state index in [1.807, 2.05) is 71.5 Å². The summed E-state index contributed by atoms with van der Waals surface area (Å²) in [5.41, 5.74) is 4.00. The number of rotatable bonds is 12. The zero-order chi connectivity index (χ0) is 33.6. The molecule has 2 aromatic heterocycles. The topological polar surface area (TPSA) is 120 Å². The predicted octanol–water partition coefficient (Wildman–Crippen LogP) is 6.06. The zero-order valence-electron chi connectivity index (χ0n) is 26.9. The number of hydrogen-bond donors (Lipinski definition) is 1. The summed E-state index contributed by atoms with van der Waals surface area (Å²) >= 11 is 2.84. The Balaban J connectivity index is 1.25. The maximum atomic E-state index is 14.0. The van der Waals surface area contributed by atoms with Crippen LogP contribution in [0.4, 0.5) is 0 Å². The van der Waals surface area contributed by atoms with Gasteiger partial charge in [-0.3, -0.25) is 14.2 Å². The summed E-state index contributed by atoms with van der Waals surface area (Å²) in [5.74, 6) is 1.93. The number of ether oxygens (including phenoxy) is 3. The number of amides is 2. The summed E-state index contributed by atoms with van der Waals surface area (Å²) < 4.78 is 18.4. The van der Waals surface area contributed by atoms with Crippen molar-refractivity contribution in [3.8, 4) is 22.9 Å². The van der Waals surface area contributed by atoms with Gasteiger partial charge in [0, 0.05) is 23.2 Å². The van der Waals surface area contributed by atoms with Gasteiger partial charge in [-0.25, -0.2) is 5.01 Å². The highest BCUT2D eigenvalue weighted by atomic mass is 32.2. The number of carbonyl (C=O) groups is 2. The number of benzene rings is 3. The Morgan fingerprint density at radius 3 is 2.48 bits per heavy atom. The van der Waals surface area contributed by atoms with Crippen molar-refractivity contribution in [2.75, 3.05) is 27.1 Å². The second-order valence-electron chi connectivity index (χ2n) is 10.8. The van der Waals surface area contributed by atoms with Crippen molar-refractivity contribution in [2.24, 2.45) is 5.10 Å². The van der Waals surface area contributed by atoms with Crippen LogP contribution < -0.4 is 19.5 Å². The average Bonchev–Trinajstić information content (AvgIpc) is 3.89. The van der Waals surface area contributed by atoms with Crippen LogP contribution >= 0.6 is 23.1 Å². The molecule has 0 aliphatic carbocycles. The minimum Gasteiger partial charge on any atom is -0.497 e. The molecule has 5 aromatic rings. The van der Waals surface area contributed by atoms with E-state index in [1.54, 1.807) is 61.9 Å². The summed E-state index contributed by atoms with van der Waals surface area (Å²) in [6, 6.07) is 24.0. The van der Waals surface area contributed by atoms with E-state index in [4.69, 9.17) is 19.3 Å². The molecule has 1 N–H and O–H groups in total. The number of para-hydroxylation sites is 1. The van der Waals surface area contributed by atoms with Gasteiger partial charge in [-0.1, -0.05) is 42.1 Å². The van der Waals surface area contributed by atoms with Crippen molar-refractivity contribution in [3.63, 3.8) is 0 Å². The van der Waals surface area contributed by atoms with Gasteiger partial charge in [0.1, 0.15) is 5.75 Å². The monoisotopic (exact) mass is 682 g/mol. The Morgan fingerprint density at radius 2 is 1.77 bits per heavy atom. The minimum absolute atomic E-state index is 0.0478. The van der Waals surface area contributed by atoms with Crippen molar-refractivity contribution < 1.29 is 23.8 Å². The van der Waals surface area contributed by atoms with Crippen molar-refractivity contribution in [1.29, 1.82) is 0 Å². The van der Waals surface area contributed by atoms with Gasteiger partial charge in [0.2, 0.25) is 0 Å². The molecule has 1 atom stereocenters. The van der Waals surface area contributed by atoms with Gasteiger partial charge in [-0.05, 0) is 66.4 Å². The molecule has 1 aliphatic heterocycles. The van der Waals surface area contributed by atoms with Crippen LogP contribution in [0.1, 0.15) is 44.6 Å². The Labute approximate surface area is 286 Å². The van der Waals surface area contributed by atoms with Gasteiger partial charge in [0.05, 0.1) is 50.3 Å². The van der Waals surface area contributed by atoms with E-state index in [0.29, 0.717) is 40.2 Å². The van der Waals surface area contributed by atoms with E-state index in [9.17, 15) is 9.59 Å². The highest BCUT2D eigenvalue weighted by Gasteiger charge is 2.36. The summed E-state index contributed by atoms with van der Waals surface area (Å²) in [5, 5.41) is 20.7. The Bertz CT molecular complexity index is 1940. The third kappa shape index (κ3) is 6.92. The molecular weight excluding hydrogens is 649 g/mol. The second-order valence-corrected chi connectivity index (χ2v) is 12.7. The van der Waals surface area contributed by atoms with Crippen molar-refractivity contribution in [2.45, 2.75) is 31.1 Å². The lowest BCUT2D eigenvalue weighted by Crippen LogP contribution is -2.29. The molecule has 3 aromatic carbocycles. The van der Waals surface area contributed by atoms with E-state index in [1.165, 1.54) is 11.8 Å². The van der Waals surface area contributed by atoms with E-state index < -0.39 is 6.04 Å². The fourth-order valence-corrected chi connectivity index (χ4v) is 7.02. The molecule has 0 radical (unpaired) electrons. The first-order chi connectivity index (χ1) is 23.4. The molecule has 3 heterocycles. The SMILES string of the molecule is COc1ccc(C(=O)NCc2nnc(SCC(=O)N3N=C(c4cccs4)CC3c3cccc(OC)c3OC)n2-c2cccc(C)c2)cc1. The maximum absolute atomic E-state index is 14.0. The lowest BCUT2D eigenvalue weighted by atomic mass is 9.99. The van der Waals surface area contributed by atoms with Crippen molar-refractivity contribution in [3.05, 3.63) is 112 Å². The number of nitrogens with zero attached hydrogens (tertiary/aromatic N) is 5. The lowest BCUT2D eigenvalue weighted by Gasteiger charge is -2.24. The zero-order valence-corrected chi connectivity index (χ0v) is 28.5. The van der Waals surface area contributed by atoms with Crippen LogP contribution in [0, 0.1) is 6.92 Å². The molecule has 0 spiro atoms. The number of aryl methyl sites for hydroxylation is 1. The lowest BCUT2D eigenvalue weighted by molar-refractivity contribution is -0.130. The molecular formula is C35H34N6O5S2. The first-order valence-electron chi connectivity index (χ1n) is 15.1. The number of thioether (sulfide) groups is 1. The van der Waals surface area contributed by atoms with E-state index >= 15 is 0 Å². The first-order valence-corrected chi connectivity index (χ1v) is 17.0. The van der Waals surface area contributed by atoms with Gasteiger partial charge in [0.15, 0.2) is 22.5 Å². The molecule has 6 rings (SSSR count). The fourth-order valence-electron chi connectivity index (χ4n) is 5.48. The summed E-state index contributed by atoms with van der Waals surface area (Å²) in [7, 11) is 4.76. The fraction of sp³-hybridized carbons (Fsp3) is 0.229. The van der Waals surface area contributed by atoms with Crippen LogP contribution in [0.3, 0.4) is 0 Å². The van der Waals surface area contributed by atoms with Crippen molar-refractivity contribution >= 4 is 40.6 Å². The molecule has 11 nitrogen and oxygen atoms in total. The highest BCUT2D eigenvalue weighted by Crippen LogP contribution is 2.42. The molecule has 1 aliphatic rings. The molecule has 0 saturated heterocycles. The molecule has 0 saturated carbocycles. The standard InChI is InChI=1S/C35H34N6O5S2/c1-22-8-5-9-24(18-22)40-31(20-36-34(43)23-13-15-25(44-2)16-14-23)37-38-35(40)48-21-32(42)41-28(19-27(39-41)30-12-7-17-47-30)26-10-6-11-29(45-3)33(26)46-4/h5-18,28H,19-21H2,1-4H3,(H,36,43). The number of hydrazone groups is 1. The Kier molecular flexibility index (Phi) is 10.1. The van der Waals surface area contributed by atoms with Gasteiger partial charge in [0.25, 0.3) is 11.8 Å². The quantitative estimate of drug-likeness (QED) is 0.158. The summed E-state index contributed by atoms with van der Waals surface area (Å²) in [4.78, 5) is 27.9. The number of thiophene rings is 1. The number of methoxy groups -OCH3 is 3. The molecule has 0 fully saturated rings. The van der Waals surface area contributed by atoms with Gasteiger partial charge < -0.3 is 19.5 Å². The predicted molar refractivity (Wildman–Crippen MR) is 186 cm³/mol. The van der Waals surface area contributed by atoms with Crippen LogP contribution in [0.5, 0.6) is 17.2 Å². The molecule has 0 bridgehead atoms. The normalized spacial score (nSPS) is 14.0. The van der Waals surface area contributed by atoms with Crippen LogP contribution in [-0.2, 0) is 11.3 Å². The highest BCUT2D eigenvalue weighted by molar-refractivity contribution is 7.99. The third-order valence-corrected chi connectivity index (χ3v) is 9.64. The van der Waals surface area contributed by atoms with Gasteiger partial charge >= 0.3 is 0 Å². The van der Waals surface area contributed by atoms with Crippen LogP contribution in [-0.4, -0.2) is 64.4 Å². The number of hydrogen-bond acceptors (Lipinski definition) is 10. The Hall–Kier alpha value is -5.14. The summed E-state index contributed by atoms with van der Waals surface area (Å²) in [6.45, 7) is 2.12. The third-order valence-electron chi connectivity index (χ3n) is 7.81. The van der Waals surface area contributed by atoms with E-state index in [0.717, 1.165) is 27.4 Å². The van der Waals surface area contributed by atoms with Gasteiger partial charge in [-0.15, -0.1) is 21.5 Å². The van der Waals surface area contributed by atoms with Gasteiger partial charge in [-0.2, -0.15) is 5.10 Å². The van der Waals surface area contributed by atoms with E-state index in [-0.39, 0.29) is 24.1 Å². The molecule has 13 heteroatoms. The number of aromatic nitrogens is 3. The van der Waals surface area contributed by atoms with E-state index in [2.05, 4.69) is 15.5 Å². The largest absolute Gasteiger partial charge is 0.497 e. The molecule has 246 valence electrons. The number of nitrogens with one attached hydrogen (secondary N) is 1. The Morgan fingerprint density at radius 1 is 0.958 bits per heavy atom. The molecule has 1 unspecified atom stereocenters. The summed E-state index contributed by atoms with van der Waals surface area (Å²) in [6.07, 6.45) is 0.526. The van der Waals surface area contributed by atoms with Crippen molar-refractivity contribution in [1.82, 2.24) is 25.1 Å². The first kappa shape index (κ1) is 32.8.